The standard InChI is InChI=1S/C22H19Cl2N5OS/c1-12-8-9-16(23)11-18(12)29-14(3)20(27-28-29)21(30)26-22-25-13(2)19(31-22)10-15-6-4-5-7-17(15)24/h4-9,11H,10H2,1-3H3,(H,25,26,30). The van der Waals surface area contributed by atoms with Crippen LogP contribution in [0.1, 0.15) is 37.9 Å². The van der Waals surface area contributed by atoms with Gasteiger partial charge in [-0.1, -0.05) is 52.7 Å². The van der Waals surface area contributed by atoms with Gasteiger partial charge in [-0.05, 0) is 50.1 Å². The number of carbonyl (C=O) groups is 1. The minimum absolute atomic E-state index is 0.236. The van der Waals surface area contributed by atoms with Gasteiger partial charge in [-0.25, -0.2) is 9.67 Å². The van der Waals surface area contributed by atoms with Crippen molar-refractivity contribution in [1.82, 2.24) is 20.0 Å². The fourth-order valence-electron chi connectivity index (χ4n) is 3.20. The third kappa shape index (κ3) is 4.49. The van der Waals surface area contributed by atoms with Gasteiger partial charge in [0.25, 0.3) is 5.91 Å². The quantitative estimate of drug-likeness (QED) is 0.399. The first-order valence-electron chi connectivity index (χ1n) is 9.53. The van der Waals surface area contributed by atoms with Crippen molar-refractivity contribution in [3.05, 3.63) is 85.6 Å². The normalized spacial score (nSPS) is 11.0. The summed E-state index contributed by atoms with van der Waals surface area (Å²) in [6.45, 7) is 5.67. The summed E-state index contributed by atoms with van der Waals surface area (Å²) in [5.41, 5.74) is 4.49. The predicted octanol–water partition coefficient (Wildman–Crippen LogP) is 5.80. The summed E-state index contributed by atoms with van der Waals surface area (Å²) in [5.74, 6) is -0.360. The van der Waals surface area contributed by atoms with Crippen LogP contribution in [0, 0.1) is 20.8 Å². The van der Waals surface area contributed by atoms with E-state index in [-0.39, 0.29) is 11.6 Å². The summed E-state index contributed by atoms with van der Waals surface area (Å²) in [6, 6.07) is 13.2. The molecule has 31 heavy (non-hydrogen) atoms. The summed E-state index contributed by atoms with van der Waals surface area (Å²) >= 11 is 13.8. The molecule has 9 heteroatoms. The number of nitrogens with zero attached hydrogens (tertiary/aromatic N) is 4. The van der Waals surface area contributed by atoms with Crippen LogP contribution in [-0.2, 0) is 6.42 Å². The van der Waals surface area contributed by atoms with Crippen molar-refractivity contribution >= 4 is 45.6 Å². The number of aromatic nitrogens is 4. The first-order valence-corrected chi connectivity index (χ1v) is 11.1. The lowest BCUT2D eigenvalue weighted by Crippen LogP contribution is -2.14. The minimum atomic E-state index is -0.360. The molecule has 0 atom stereocenters. The van der Waals surface area contributed by atoms with Crippen LogP contribution in [0.3, 0.4) is 0 Å². The van der Waals surface area contributed by atoms with E-state index in [1.165, 1.54) is 11.3 Å². The van der Waals surface area contributed by atoms with Crippen LogP contribution >= 0.6 is 34.5 Å². The highest BCUT2D eigenvalue weighted by molar-refractivity contribution is 7.15. The summed E-state index contributed by atoms with van der Waals surface area (Å²) in [6.07, 6.45) is 0.655. The van der Waals surface area contributed by atoms with Crippen LogP contribution in [0.15, 0.2) is 42.5 Å². The lowest BCUT2D eigenvalue weighted by Gasteiger charge is -2.07. The summed E-state index contributed by atoms with van der Waals surface area (Å²) in [7, 11) is 0. The number of hydrogen-bond donors (Lipinski definition) is 1. The first kappa shape index (κ1) is 21.5. The second kappa shape index (κ2) is 8.78. The Labute approximate surface area is 193 Å². The molecule has 4 aromatic rings. The number of carbonyl (C=O) groups excluding carboxylic acids is 1. The Morgan fingerprint density at radius 3 is 2.68 bits per heavy atom. The number of nitrogens with one attached hydrogen (secondary N) is 1. The lowest BCUT2D eigenvalue weighted by molar-refractivity contribution is 0.102. The fraction of sp³-hybridized carbons (Fsp3) is 0.182. The van der Waals surface area contributed by atoms with Crippen LogP contribution in [-0.4, -0.2) is 25.9 Å². The van der Waals surface area contributed by atoms with E-state index in [4.69, 9.17) is 23.2 Å². The van der Waals surface area contributed by atoms with E-state index in [1.807, 2.05) is 50.2 Å². The Hall–Kier alpha value is -2.74. The molecule has 0 bridgehead atoms. The number of anilines is 1. The van der Waals surface area contributed by atoms with Gasteiger partial charge in [-0.2, -0.15) is 0 Å². The van der Waals surface area contributed by atoms with Gasteiger partial charge >= 0.3 is 0 Å². The molecule has 0 fully saturated rings. The molecule has 0 unspecified atom stereocenters. The average Bonchev–Trinajstić information content (AvgIpc) is 3.27. The van der Waals surface area contributed by atoms with Gasteiger partial charge < -0.3 is 0 Å². The van der Waals surface area contributed by atoms with Crippen molar-refractivity contribution in [2.24, 2.45) is 0 Å². The lowest BCUT2D eigenvalue weighted by atomic mass is 10.1. The molecule has 1 amide bonds. The second-order valence-electron chi connectivity index (χ2n) is 7.12. The number of aryl methyl sites for hydroxylation is 2. The Morgan fingerprint density at radius 1 is 1.13 bits per heavy atom. The van der Waals surface area contributed by atoms with Gasteiger partial charge in [0.2, 0.25) is 0 Å². The number of amides is 1. The zero-order chi connectivity index (χ0) is 22.1. The minimum Gasteiger partial charge on any atom is -0.296 e. The highest BCUT2D eigenvalue weighted by atomic mass is 35.5. The zero-order valence-corrected chi connectivity index (χ0v) is 19.4. The molecule has 1 N–H and O–H groups in total. The highest BCUT2D eigenvalue weighted by Crippen LogP contribution is 2.28. The van der Waals surface area contributed by atoms with Crippen molar-refractivity contribution in [2.75, 3.05) is 5.32 Å². The molecule has 6 nitrogen and oxygen atoms in total. The summed E-state index contributed by atoms with van der Waals surface area (Å²) in [5, 5.41) is 12.9. The Morgan fingerprint density at radius 2 is 1.90 bits per heavy atom. The van der Waals surface area contributed by atoms with Gasteiger partial charge in [0.05, 0.1) is 17.1 Å². The molecular weight excluding hydrogens is 453 g/mol. The maximum absolute atomic E-state index is 12.9. The molecule has 0 aliphatic carbocycles. The van der Waals surface area contributed by atoms with Crippen molar-refractivity contribution in [1.29, 1.82) is 0 Å². The molecule has 2 aromatic carbocycles. The monoisotopic (exact) mass is 471 g/mol. The van der Waals surface area contributed by atoms with E-state index < -0.39 is 0 Å². The number of hydrogen-bond acceptors (Lipinski definition) is 5. The molecule has 0 spiro atoms. The topological polar surface area (TPSA) is 72.7 Å². The molecule has 0 saturated carbocycles. The molecule has 0 saturated heterocycles. The molecular formula is C22H19Cl2N5OS. The van der Waals surface area contributed by atoms with E-state index in [0.29, 0.717) is 27.3 Å². The Bertz CT molecular complexity index is 1280. The van der Waals surface area contributed by atoms with Crippen molar-refractivity contribution in [3.63, 3.8) is 0 Å². The van der Waals surface area contributed by atoms with E-state index >= 15 is 0 Å². The third-order valence-electron chi connectivity index (χ3n) is 4.93. The average molecular weight is 472 g/mol. The van der Waals surface area contributed by atoms with Crippen LogP contribution in [0.5, 0.6) is 0 Å². The molecule has 0 aliphatic rings. The molecule has 158 valence electrons. The maximum Gasteiger partial charge on any atom is 0.279 e. The van der Waals surface area contributed by atoms with E-state index in [1.54, 1.807) is 17.7 Å². The van der Waals surface area contributed by atoms with Crippen molar-refractivity contribution in [2.45, 2.75) is 27.2 Å². The number of halogens is 2. The zero-order valence-electron chi connectivity index (χ0n) is 17.1. The number of benzene rings is 2. The van der Waals surface area contributed by atoms with Gasteiger partial charge in [-0.15, -0.1) is 16.4 Å². The van der Waals surface area contributed by atoms with Gasteiger partial charge in [0.15, 0.2) is 10.8 Å². The van der Waals surface area contributed by atoms with Crippen molar-refractivity contribution in [3.8, 4) is 5.69 Å². The van der Waals surface area contributed by atoms with E-state index in [9.17, 15) is 4.79 Å². The van der Waals surface area contributed by atoms with Crippen LogP contribution in [0.4, 0.5) is 5.13 Å². The third-order valence-corrected chi connectivity index (χ3v) is 6.61. The van der Waals surface area contributed by atoms with Gasteiger partial charge in [0, 0.05) is 21.3 Å². The highest BCUT2D eigenvalue weighted by Gasteiger charge is 2.20. The Balaban J connectivity index is 1.55. The Kier molecular flexibility index (Phi) is 6.09. The SMILES string of the molecule is Cc1ccc(Cl)cc1-n1nnc(C(=O)Nc2nc(C)c(Cc3ccccc3Cl)s2)c1C. The predicted molar refractivity (Wildman–Crippen MR) is 125 cm³/mol. The fourth-order valence-corrected chi connectivity index (χ4v) is 4.54. The second-order valence-corrected chi connectivity index (χ2v) is 9.04. The number of rotatable bonds is 5. The van der Waals surface area contributed by atoms with Crippen LogP contribution in [0.25, 0.3) is 5.69 Å². The largest absolute Gasteiger partial charge is 0.296 e. The molecule has 2 heterocycles. The van der Waals surface area contributed by atoms with Crippen LogP contribution in [0.2, 0.25) is 10.0 Å². The smallest absolute Gasteiger partial charge is 0.279 e. The molecule has 0 radical (unpaired) electrons. The van der Waals surface area contributed by atoms with Crippen molar-refractivity contribution < 1.29 is 4.79 Å². The first-order chi connectivity index (χ1) is 14.8. The van der Waals surface area contributed by atoms with E-state index in [0.717, 1.165) is 27.4 Å². The maximum atomic E-state index is 12.9. The van der Waals surface area contributed by atoms with Crippen LogP contribution < -0.4 is 5.32 Å². The molecule has 0 aliphatic heterocycles. The van der Waals surface area contributed by atoms with E-state index in [2.05, 4.69) is 20.6 Å². The summed E-state index contributed by atoms with van der Waals surface area (Å²) in [4.78, 5) is 18.4. The molecule has 2 aromatic heterocycles. The summed E-state index contributed by atoms with van der Waals surface area (Å²) < 4.78 is 1.62. The van der Waals surface area contributed by atoms with Gasteiger partial charge in [-0.3, -0.25) is 10.1 Å². The number of thiazole rings is 1. The van der Waals surface area contributed by atoms with Gasteiger partial charge in [0.1, 0.15) is 0 Å². The molecule has 4 rings (SSSR count).